The summed E-state index contributed by atoms with van der Waals surface area (Å²) in [4.78, 5) is 121. The van der Waals surface area contributed by atoms with Crippen molar-refractivity contribution in [3.05, 3.63) is 48.0 Å². The molecule has 1 aliphatic rings. The van der Waals surface area contributed by atoms with Crippen LogP contribution in [0.4, 0.5) is 0 Å². The highest BCUT2D eigenvalue weighted by Crippen LogP contribution is 2.22. The van der Waals surface area contributed by atoms with Crippen LogP contribution in [0.5, 0.6) is 5.75 Å². The molecule has 370 valence electrons. The van der Waals surface area contributed by atoms with E-state index in [1.165, 1.54) is 43.4 Å². The molecule has 14 N–H and O–H groups in total. The van der Waals surface area contributed by atoms with Gasteiger partial charge < -0.3 is 68.8 Å². The Morgan fingerprint density at radius 2 is 1.51 bits per heavy atom. The monoisotopic (exact) mass is 940 g/mol. The maximum atomic E-state index is 14.5. The number of carboxylic acid groups (broad SMARTS) is 1. The predicted molar refractivity (Wildman–Crippen MR) is 246 cm³/mol. The van der Waals surface area contributed by atoms with Crippen LogP contribution in [0, 0.1) is 11.8 Å². The van der Waals surface area contributed by atoms with Crippen molar-refractivity contribution in [1.29, 1.82) is 0 Å². The van der Waals surface area contributed by atoms with Gasteiger partial charge in [0.15, 0.2) is 5.96 Å². The number of aromatic nitrogens is 2. The number of likely N-dealkylation sites (tertiary alicyclic amines) is 1. The van der Waals surface area contributed by atoms with E-state index >= 15 is 0 Å². The van der Waals surface area contributed by atoms with Gasteiger partial charge in [0.1, 0.15) is 47.5 Å². The Kier molecular flexibility index (Phi) is 21.0. The number of phenolic OH excluding ortho intramolecular Hbond substituents is 1. The van der Waals surface area contributed by atoms with Crippen LogP contribution in [0.1, 0.15) is 84.9 Å². The summed E-state index contributed by atoms with van der Waals surface area (Å²) in [5.41, 5.74) is 10.3. The number of benzene rings is 1. The van der Waals surface area contributed by atoms with Gasteiger partial charge in [-0.3, -0.25) is 38.6 Å². The zero-order valence-corrected chi connectivity index (χ0v) is 39.3. The van der Waals surface area contributed by atoms with Crippen LogP contribution >= 0.6 is 0 Å². The summed E-state index contributed by atoms with van der Waals surface area (Å²) in [6.45, 7) is 9.81. The minimum Gasteiger partial charge on any atom is -0.508 e. The fourth-order valence-corrected chi connectivity index (χ4v) is 7.29. The first-order valence-corrected chi connectivity index (χ1v) is 22.4. The van der Waals surface area contributed by atoms with E-state index in [4.69, 9.17) is 11.5 Å². The lowest BCUT2D eigenvalue weighted by atomic mass is 9.96. The third kappa shape index (κ3) is 16.9. The minimum absolute atomic E-state index is 0.0382. The van der Waals surface area contributed by atoms with Gasteiger partial charge in [0.2, 0.25) is 41.4 Å². The number of rotatable bonds is 26. The molecule has 0 aliphatic carbocycles. The van der Waals surface area contributed by atoms with Gasteiger partial charge in [-0.2, -0.15) is 0 Å². The first kappa shape index (κ1) is 54.6. The molecule has 2 heterocycles. The number of aromatic hydroxyl groups is 1. The van der Waals surface area contributed by atoms with Gasteiger partial charge in [-0.25, -0.2) is 9.78 Å². The molecule has 0 radical (unpaired) electrons. The number of aliphatic carboxylic acids is 1. The summed E-state index contributed by atoms with van der Waals surface area (Å²) in [6, 6.07) is -1.23. The van der Waals surface area contributed by atoms with E-state index in [1.807, 2.05) is 0 Å². The van der Waals surface area contributed by atoms with E-state index in [0.717, 1.165) is 0 Å². The Labute approximate surface area is 390 Å². The van der Waals surface area contributed by atoms with Crippen LogP contribution in [0.25, 0.3) is 0 Å². The number of aliphatic imine (C=N–C) groups is 1. The largest absolute Gasteiger partial charge is 0.508 e. The molecule has 23 nitrogen and oxygen atoms in total. The van der Waals surface area contributed by atoms with E-state index in [0.29, 0.717) is 30.5 Å². The Morgan fingerprint density at radius 1 is 0.881 bits per heavy atom. The lowest BCUT2D eigenvalue weighted by Crippen LogP contribution is -2.62. The van der Waals surface area contributed by atoms with Crippen LogP contribution < -0.4 is 48.7 Å². The summed E-state index contributed by atoms with van der Waals surface area (Å²) in [6.07, 6.45) is 4.22. The number of phenols is 1. The third-order valence-electron chi connectivity index (χ3n) is 11.4. The second kappa shape index (κ2) is 25.8. The van der Waals surface area contributed by atoms with E-state index in [9.17, 15) is 48.6 Å². The Morgan fingerprint density at radius 3 is 2.09 bits per heavy atom. The highest BCUT2D eigenvalue weighted by molar-refractivity contribution is 5.98. The molecule has 3 rings (SSSR count). The molecule has 67 heavy (non-hydrogen) atoms. The standard InChI is InChI=1S/C44H69N13O10/c1-8-25(4)35(40(64)53-31(20-27-21-48-23-50-27)41(65)57-18-10-12-32(57)38(62)56-44(5,6)42(66)67)55-37(61)30(19-26-13-15-28(58)16-14-26)52-39(63)34(24(2)3)54-36(60)29(51-33(59)22-47-7)11-9-17-49-43(45)46/h13-16,21,23-25,29-32,34-35,47,58H,8-12,17-20,22H2,1-7H3,(H,48,50)(H,51,59)(H,52,63)(H,53,64)(H,54,60)(H,55,61)(H,56,62)(H,66,67)(H4,45,46,49)/t25-,29-,30-,31-,32-,34-,35-/m0/s1. The van der Waals surface area contributed by atoms with Crippen molar-refractivity contribution in [2.75, 3.05) is 26.7 Å². The summed E-state index contributed by atoms with van der Waals surface area (Å²) in [5.74, 6) is -7.15. The number of guanidine groups is 1. The smallest absolute Gasteiger partial charge is 0.328 e. The summed E-state index contributed by atoms with van der Waals surface area (Å²) < 4.78 is 0. The molecule has 7 atom stereocenters. The highest BCUT2D eigenvalue weighted by Gasteiger charge is 2.42. The molecule has 1 aliphatic heterocycles. The molecular weight excluding hydrogens is 871 g/mol. The lowest BCUT2D eigenvalue weighted by Gasteiger charge is -2.32. The van der Waals surface area contributed by atoms with Crippen LogP contribution in [-0.2, 0) is 51.2 Å². The molecule has 2 aromatic rings. The first-order valence-electron chi connectivity index (χ1n) is 22.4. The summed E-state index contributed by atoms with van der Waals surface area (Å²) >= 11 is 0. The molecule has 1 aromatic heterocycles. The van der Waals surface area contributed by atoms with Crippen LogP contribution in [0.3, 0.4) is 0 Å². The van der Waals surface area contributed by atoms with Crippen molar-refractivity contribution in [1.82, 2.24) is 52.1 Å². The number of amides is 7. The number of carboxylic acids is 1. The number of likely N-dealkylation sites (N-methyl/N-ethyl adjacent to an activating group) is 1. The van der Waals surface area contributed by atoms with Crippen molar-refractivity contribution in [3.8, 4) is 5.75 Å². The van der Waals surface area contributed by atoms with Crippen molar-refractivity contribution in [2.24, 2.45) is 28.3 Å². The second-order valence-electron chi connectivity index (χ2n) is 17.6. The molecule has 1 saturated heterocycles. The molecule has 0 spiro atoms. The highest BCUT2D eigenvalue weighted by atomic mass is 16.4. The van der Waals surface area contributed by atoms with Crippen LogP contribution in [0.2, 0.25) is 0 Å². The zero-order valence-electron chi connectivity index (χ0n) is 39.3. The molecule has 1 fully saturated rings. The molecule has 0 bridgehead atoms. The normalized spacial score (nSPS) is 16.3. The zero-order chi connectivity index (χ0) is 50.0. The number of nitrogens with zero attached hydrogens (tertiary/aromatic N) is 3. The van der Waals surface area contributed by atoms with Crippen LogP contribution in [-0.4, -0.2) is 147 Å². The number of imidazole rings is 1. The quantitative estimate of drug-likeness (QED) is 0.0284. The maximum absolute atomic E-state index is 14.5. The van der Waals surface area contributed by atoms with Crippen LogP contribution in [0.15, 0.2) is 41.8 Å². The number of nitrogens with two attached hydrogens (primary N) is 2. The topological polar surface area (TPSA) is 358 Å². The molecule has 0 saturated carbocycles. The number of hydrogen-bond acceptors (Lipinski definition) is 12. The van der Waals surface area contributed by atoms with Gasteiger partial charge in [-0.15, -0.1) is 0 Å². The Balaban J connectivity index is 1.92. The van der Waals surface area contributed by atoms with Gasteiger partial charge in [0.05, 0.1) is 12.9 Å². The fourth-order valence-electron chi connectivity index (χ4n) is 7.29. The maximum Gasteiger partial charge on any atom is 0.328 e. The van der Waals surface area contributed by atoms with Crippen molar-refractivity contribution >= 4 is 53.3 Å². The lowest BCUT2D eigenvalue weighted by molar-refractivity contribution is -0.148. The van der Waals surface area contributed by atoms with Gasteiger partial charge in [-0.05, 0) is 76.1 Å². The van der Waals surface area contributed by atoms with E-state index in [2.05, 4.69) is 52.2 Å². The molecule has 0 unspecified atom stereocenters. The number of aromatic amines is 1. The summed E-state index contributed by atoms with van der Waals surface area (Å²) in [7, 11) is 1.57. The van der Waals surface area contributed by atoms with Crippen molar-refractivity contribution < 1.29 is 48.6 Å². The molecule has 7 amide bonds. The van der Waals surface area contributed by atoms with E-state index in [1.54, 1.807) is 46.9 Å². The average molecular weight is 940 g/mol. The first-order chi connectivity index (χ1) is 31.6. The molecule has 1 aromatic carbocycles. The van der Waals surface area contributed by atoms with Gasteiger partial charge in [0.25, 0.3) is 0 Å². The van der Waals surface area contributed by atoms with Gasteiger partial charge in [-0.1, -0.05) is 46.2 Å². The van der Waals surface area contributed by atoms with Crippen molar-refractivity contribution in [3.63, 3.8) is 0 Å². The predicted octanol–water partition coefficient (Wildman–Crippen LogP) is -1.73. The van der Waals surface area contributed by atoms with Gasteiger partial charge in [0, 0.05) is 37.8 Å². The second-order valence-corrected chi connectivity index (χ2v) is 17.6. The Bertz CT molecular complexity index is 2040. The van der Waals surface area contributed by atoms with E-state index < -0.39 is 101 Å². The van der Waals surface area contributed by atoms with E-state index in [-0.39, 0.29) is 57.0 Å². The number of hydrogen-bond donors (Lipinski definition) is 12. The number of carbonyl (C=O) groups excluding carboxylic acids is 7. The SMILES string of the molecule is CC[C@H](C)[C@H](NC(=O)[C@H](Cc1ccc(O)cc1)NC(=O)[C@@H](NC(=O)[C@H](CCCN=C(N)N)NC(=O)CNC)C(C)C)C(=O)N[C@@H](Cc1cnc[nH]1)C(=O)N1CCC[C@H]1C(=O)NC(C)(C)C(=O)O. The van der Waals surface area contributed by atoms with Crippen molar-refractivity contribution in [2.45, 2.75) is 128 Å². The molecule has 23 heteroatoms. The van der Waals surface area contributed by atoms with Gasteiger partial charge >= 0.3 is 5.97 Å². The average Bonchev–Trinajstić information content (AvgIpc) is 3.98. The molecular formula is C44H69N13O10. The summed E-state index contributed by atoms with van der Waals surface area (Å²) in [5, 5.41) is 38.5. The third-order valence-corrected chi connectivity index (χ3v) is 11.4. The number of nitrogens with one attached hydrogen (secondary N) is 8. The minimum atomic E-state index is -1.62. The number of carbonyl (C=O) groups is 8. The number of H-pyrrole nitrogens is 1. The fraction of sp³-hybridized carbons (Fsp3) is 0.591. The Hall–Kier alpha value is -6.78.